The van der Waals surface area contributed by atoms with Crippen molar-refractivity contribution in [1.82, 2.24) is 9.97 Å². The highest BCUT2D eigenvalue weighted by Gasteiger charge is 2.15. The molecule has 0 spiro atoms. The number of ether oxygens (including phenoxy) is 1. The molecular formula is C11H14ClN5OS. The van der Waals surface area contributed by atoms with Crippen LogP contribution in [0.5, 0.6) is 5.75 Å². The number of nitrogens with one attached hydrogen (secondary N) is 1. The van der Waals surface area contributed by atoms with Crippen LogP contribution >= 0.6 is 22.9 Å². The van der Waals surface area contributed by atoms with Crippen molar-refractivity contribution in [3.8, 4) is 5.75 Å². The summed E-state index contributed by atoms with van der Waals surface area (Å²) in [6.07, 6.45) is 1.44. The van der Waals surface area contributed by atoms with E-state index in [2.05, 4.69) is 15.4 Å². The van der Waals surface area contributed by atoms with E-state index >= 15 is 0 Å². The summed E-state index contributed by atoms with van der Waals surface area (Å²) < 4.78 is 6.07. The second-order valence-corrected chi connectivity index (χ2v) is 5.58. The fraction of sp³-hybridized carbons (Fsp3) is 0.273. The average Bonchev–Trinajstić information content (AvgIpc) is 2.82. The Morgan fingerprint density at radius 2 is 2.26 bits per heavy atom. The van der Waals surface area contributed by atoms with Gasteiger partial charge in [0.25, 0.3) is 0 Å². The van der Waals surface area contributed by atoms with Gasteiger partial charge in [0.15, 0.2) is 11.6 Å². The number of anilines is 2. The van der Waals surface area contributed by atoms with Crippen LogP contribution in [0.1, 0.15) is 4.88 Å². The minimum Gasteiger partial charge on any atom is -0.490 e. The van der Waals surface area contributed by atoms with Crippen LogP contribution in [0.3, 0.4) is 0 Å². The lowest BCUT2D eigenvalue weighted by Gasteiger charge is -2.20. The first kappa shape index (κ1) is 13.9. The lowest BCUT2D eigenvalue weighted by atomic mass is 10.4. The third kappa shape index (κ3) is 3.06. The first-order chi connectivity index (χ1) is 9.15. The maximum Gasteiger partial charge on any atom is 0.205 e. The third-order valence-electron chi connectivity index (χ3n) is 2.51. The van der Waals surface area contributed by atoms with E-state index in [9.17, 15) is 0 Å². The van der Waals surface area contributed by atoms with Crippen molar-refractivity contribution < 1.29 is 4.74 Å². The van der Waals surface area contributed by atoms with Gasteiger partial charge in [0.2, 0.25) is 5.75 Å². The smallest absolute Gasteiger partial charge is 0.205 e. The summed E-state index contributed by atoms with van der Waals surface area (Å²) in [5.74, 6) is 7.02. The second kappa shape index (κ2) is 6.05. The maximum atomic E-state index is 5.92. The Bertz CT molecular complexity index is 562. The fourth-order valence-corrected chi connectivity index (χ4v) is 2.81. The summed E-state index contributed by atoms with van der Waals surface area (Å²) in [6, 6.07) is 3.86. The van der Waals surface area contributed by atoms with Gasteiger partial charge in [-0.05, 0) is 12.1 Å². The van der Waals surface area contributed by atoms with Crippen molar-refractivity contribution >= 4 is 34.6 Å². The largest absolute Gasteiger partial charge is 0.490 e. The van der Waals surface area contributed by atoms with Crippen LogP contribution < -0.4 is 20.9 Å². The van der Waals surface area contributed by atoms with Gasteiger partial charge in [-0.2, -0.15) is 0 Å². The van der Waals surface area contributed by atoms with Gasteiger partial charge in [0.1, 0.15) is 6.33 Å². The third-order valence-corrected chi connectivity index (χ3v) is 3.73. The monoisotopic (exact) mass is 299 g/mol. The van der Waals surface area contributed by atoms with Crippen molar-refractivity contribution in [2.45, 2.75) is 6.54 Å². The standard InChI is InChI=1S/C11H14ClN5OS/c1-17(5-7-3-4-8(12)19-7)11-9(18-2)10(16-13)14-6-15-11/h3-4,6H,5,13H2,1-2H3,(H,14,15,16). The highest BCUT2D eigenvalue weighted by molar-refractivity contribution is 7.16. The summed E-state index contributed by atoms with van der Waals surface area (Å²) in [7, 11) is 3.47. The van der Waals surface area contributed by atoms with Crippen LogP contribution in [0.4, 0.5) is 11.6 Å². The van der Waals surface area contributed by atoms with E-state index < -0.39 is 0 Å². The second-order valence-electron chi connectivity index (χ2n) is 3.79. The van der Waals surface area contributed by atoms with E-state index in [-0.39, 0.29) is 0 Å². The Balaban J connectivity index is 2.25. The highest BCUT2D eigenvalue weighted by atomic mass is 35.5. The molecule has 0 aliphatic rings. The van der Waals surface area contributed by atoms with Crippen molar-refractivity contribution in [3.63, 3.8) is 0 Å². The molecule has 0 radical (unpaired) electrons. The Hall–Kier alpha value is -1.57. The van der Waals surface area contributed by atoms with E-state index in [0.29, 0.717) is 23.9 Å². The van der Waals surface area contributed by atoms with Crippen molar-refractivity contribution in [1.29, 1.82) is 0 Å². The minimum atomic E-state index is 0.448. The number of nitrogens with two attached hydrogens (primary N) is 1. The zero-order chi connectivity index (χ0) is 13.8. The number of rotatable bonds is 5. The number of hydrogen-bond acceptors (Lipinski definition) is 7. The lowest BCUT2D eigenvalue weighted by Crippen LogP contribution is -2.20. The van der Waals surface area contributed by atoms with Crippen LogP contribution in [0, 0.1) is 0 Å². The molecule has 0 amide bonds. The van der Waals surface area contributed by atoms with Gasteiger partial charge in [-0.25, -0.2) is 15.8 Å². The summed E-state index contributed by atoms with van der Waals surface area (Å²) >= 11 is 7.45. The normalized spacial score (nSPS) is 10.3. The van der Waals surface area contributed by atoms with Crippen LogP contribution in [-0.2, 0) is 6.54 Å². The lowest BCUT2D eigenvalue weighted by molar-refractivity contribution is 0.412. The van der Waals surface area contributed by atoms with Crippen molar-refractivity contribution in [3.05, 3.63) is 27.7 Å². The van der Waals surface area contributed by atoms with E-state index in [1.165, 1.54) is 17.7 Å². The number of thiophene rings is 1. The van der Waals surface area contributed by atoms with Gasteiger partial charge in [0, 0.05) is 11.9 Å². The number of halogens is 1. The molecule has 2 rings (SSSR count). The van der Waals surface area contributed by atoms with Gasteiger partial charge < -0.3 is 15.1 Å². The molecule has 19 heavy (non-hydrogen) atoms. The van der Waals surface area contributed by atoms with Gasteiger partial charge in [-0.15, -0.1) is 11.3 Å². The van der Waals surface area contributed by atoms with Gasteiger partial charge in [-0.1, -0.05) is 11.6 Å². The zero-order valence-corrected chi connectivity index (χ0v) is 12.1. The molecule has 0 saturated carbocycles. The maximum absolute atomic E-state index is 5.92. The summed E-state index contributed by atoms with van der Waals surface area (Å²) in [4.78, 5) is 11.3. The quantitative estimate of drug-likeness (QED) is 0.650. The number of nitrogens with zero attached hydrogens (tertiary/aromatic N) is 3. The minimum absolute atomic E-state index is 0.448. The van der Waals surface area contributed by atoms with Crippen LogP contribution in [0.25, 0.3) is 0 Å². The van der Waals surface area contributed by atoms with Gasteiger partial charge in [0.05, 0.1) is 18.0 Å². The number of hydrogen-bond donors (Lipinski definition) is 2. The molecule has 0 unspecified atom stereocenters. The van der Waals surface area contributed by atoms with E-state index in [4.69, 9.17) is 22.2 Å². The topological polar surface area (TPSA) is 76.3 Å². The number of aromatic nitrogens is 2. The van der Waals surface area contributed by atoms with Crippen molar-refractivity contribution in [2.75, 3.05) is 24.5 Å². The molecule has 8 heteroatoms. The van der Waals surface area contributed by atoms with E-state index in [1.54, 1.807) is 7.11 Å². The van der Waals surface area contributed by atoms with E-state index in [1.807, 2.05) is 24.1 Å². The molecule has 6 nitrogen and oxygen atoms in total. The highest BCUT2D eigenvalue weighted by Crippen LogP contribution is 2.32. The molecule has 0 atom stereocenters. The molecule has 0 bridgehead atoms. The molecule has 2 aromatic rings. The Kier molecular flexibility index (Phi) is 4.41. The Morgan fingerprint density at radius 1 is 1.47 bits per heavy atom. The van der Waals surface area contributed by atoms with Crippen LogP contribution in [-0.4, -0.2) is 24.1 Å². The number of methoxy groups -OCH3 is 1. The SMILES string of the molecule is COc1c(NN)ncnc1N(C)Cc1ccc(Cl)s1. The first-order valence-corrected chi connectivity index (χ1v) is 6.66. The fourth-order valence-electron chi connectivity index (χ4n) is 1.67. The Morgan fingerprint density at radius 3 is 2.84 bits per heavy atom. The van der Waals surface area contributed by atoms with Crippen LogP contribution in [0.15, 0.2) is 18.5 Å². The van der Waals surface area contributed by atoms with Crippen LogP contribution in [0.2, 0.25) is 4.34 Å². The van der Waals surface area contributed by atoms with E-state index in [0.717, 1.165) is 9.21 Å². The van der Waals surface area contributed by atoms with Gasteiger partial charge >= 0.3 is 0 Å². The molecule has 2 heterocycles. The predicted molar refractivity (Wildman–Crippen MR) is 77.8 cm³/mol. The summed E-state index contributed by atoms with van der Waals surface area (Å²) in [5, 5.41) is 0. The summed E-state index contributed by atoms with van der Waals surface area (Å²) in [5.41, 5.74) is 2.49. The zero-order valence-electron chi connectivity index (χ0n) is 10.6. The number of nitrogen functional groups attached to an aromatic ring is 1. The first-order valence-electron chi connectivity index (χ1n) is 5.46. The molecule has 0 aliphatic heterocycles. The molecule has 0 aromatic carbocycles. The molecule has 0 saturated heterocycles. The molecule has 0 aliphatic carbocycles. The molecule has 2 aromatic heterocycles. The predicted octanol–water partition coefficient (Wildman–Crippen LogP) is 2.12. The Labute approximate surface area is 120 Å². The molecule has 3 N–H and O–H groups in total. The molecular weight excluding hydrogens is 286 g/mol. The molecule has 102 valence electrons. The average molecular weight is 300 g/mol. The van der Waals surface area contributed by atoms with Crippen molar-refractivity contribution in [2.24, 2.45) is 5.84 Å². The summed E-state index contributed by atoms with van der Waals surface area (Å²) in [6.45, 7) is 0.675. The number of hydrazine groups is 1. The molecule has 0 fully saturated rings. The van der Waals surface area contributed by atoms with Gasteiger partial charge in [-0.3, -0.25) is 0 Å².